The average molecular weight is 446 g/mol. The third-order valence-electron chi connectivity index (χ3n) is 5.34. The second-order valence-electron chi connectivity index (χ2n) is 7.60. The van der Waals surface area contributed by atoms with Crippen molar-refractivity contribution in [3.63, 3.8) is 0 Å². The van der Waals surface area contributed by atoms with E-state index in [4.69, 9.17) is 9.47 Å². The first-order chi connectivity index (χ1) is 15.9. The number of carbonyl (C=O) groups excluding carboxylic acids is 3. The maximum Gasteiger partial charge on any atom is 0.323 e. The maximum absolute atomic E-state index is 13.0. The van der Waals surface area contributed by atoms with Gasteiger partial charge in [0.25, 0.3) is 11.8 Å². The summed E-state index contributed by atoms with van der Waals surface area (Å²) in [5.74, 6) is 5.57. The average Bonchev–Trinajstić information content (AvgIpc) is 3.27. The van der Waals surface area contributed by atoms with Crippen molar-refractivity contribution in [3.8, 4) is 17.6 Å². The first kappa shape index (κ1) is 22.0. The van der Waals surface area contributed by atoms with Crippen molar-refractivity contribution in [2.75, 3.05) is 27.5 Å². The van der Waals surface area contributed by atoms with E-state index in [1.165, 1.54) is 12.0 Å². The molecule has 2 aliphatic heterocycles. The molecular formula is C24H22N4O5. The van der Waals surface area contributed by atoms with Gasteiger partial charge in [-0.2, -0.15) is 0 Å². The number of nitrogens with one attached hydrogen (secondary N) is 2. The van der Waals surface area contributed by atoms with Crippen molar-refractivity contribution in [2.45, 2.75) is 12.1 Å². The molecule has 0 unspecified atom stereocenters. The Kier molecular flexibility index (Phi) is 6.11. The third-order valence-corrected chi connectivity index (χ3v) is 5.34. The van der Waals surface area contributed by atoms with E-state index in [1.54, 1.807) is 37.6 Å². The molecule has 9 heteroatoms. The fourth-order valence-corrected chi connectivity index (χ4v) is 3.66. The van der Waals surface area contributed by atoms with Crippen molar-refractivity contribution < 1.29 is 23.9 Å². The lowest BCUT2D eigenvalue weighted by molar-refractivity contribution is -0.122. The van der Waals surface area contributed by atoms with Gasteiger partial charge in [0.1, 0.15) is 12.5 Å². The highest BCUT2D eigenvalue weighted by Gasteiger charge is 2.48. The number of benzene rings is 2. The van der Waals surface area contributed by atoms with Gasteiger partial charge in [-0.1, -0.05) is 30.0 Å². The molecule has 2 N–H and O–H groups in total. The van der Waals surface area contributed by atoms with Crippen molar-refractivity contribution in [1.82, 2.24) is 15.5 Å². The summed E-state index contributed by atoms with van der Waals surface area (Å²) < 4.78 is 10.1. The number of ether oxygens (including phenoxy) is 2. The number of rotatable bonds is 6. The Morgan fingerprint density at radius 1 is 1.15 bits per heavy atom. The van der Waals surface area contributed by atoms with E-state index < -0.39 is 17.5 Å². The van der Waals surface area contributed by atoms with Crippen molar-refractivity contribution in [1.29, 1.82) is 0 Å². The van der Waals surface area contributed by atoms with Crippen molar-refractivity contribution in [3.05, 3.63) is 64.7 Å². The molecule has 1 saturated heterocycles. The molecule has 2 heterocycles. The fraction of sp³-hybridized carbons (Fsp3) is 0.250. The Bertz CT molecular complexity index is 1200. The molecule has 1 atom stereocenters. The number of hydrogen-bond donors (Lipinski definition) is 2. The molecule has 2 aromatic rings. The van der Waals surface area contributed by atoms with Crippen LogP contribution in [0.1, 0.15) is 27.0 Å². The summed E-state index contributed by atoms with van der Waals surface area (Å²) in [7, 11) is 3.09. The number of fused-ring (bicyclic) bond motifs is 1. The van der Waals surface area contributed by atoms with Crippen molar-refractivity contribution in [2.24, 2.45) is 4.99 Å². The Hall–Kier alpha value is -4.16. The number of nitrogens with zero attached hydrogens (tertiary/aromatic N) is 2. The summed E-state index contributed by atoms with van der Waals surface area (Å²) in [6.45, 7) is 0.486. The van der Waals surface area contributed by atoms with Crippen LogP contribution in [0.2, 0.25) is 0 Å². The predicted molar refractivity (Wildman–Crippen MR) is 120 cm³/mol. The highest BCUT2D eigenvalue weighted by atomic mass is 16.5. The predicted octanol–water partition coefficient (Wildman–Crippen LogP) is 1.30. The Morgan fingerprint density at radius 3 is 2.61 bits per heavy atom. The minimum Gasteiger partial charge on any atom is -0.497 e. The van der Waals surface area contributed by atoms with Crippen LogP contribution >= 0.6 is 0 Å². The summed E-state index contributed by atoms with van der Waals surface area (Å²) in [6.07, 6.45) is 1.68. The van der Waals surface area contributed by atoms with Gasteiger partial charge in [0.05, 0.1) is 13.7 Å². The van der Waals surface area contributed by atoms with Crippen LogP contribution < -0.4 is 15.4 Å². The van der Waals surface area contributed by atoms with E-state index in [2.05, 4.69) is 27.5 Å². The van der Waals surface area contributed by atoms with Crippen LogP contribution in [0.5, 0.6) is 5.75 Å². The summed E-state index contributed by atoms with van der Waals surface area (Å²) in [6, 6.07) is 11.8. The van der Waals surface area contributed by atoms with Gasteiger partial charge in [-0.3, -0.25) is 19.9 Å². The van der Waals surface area contributed by atoms with E-state index in [0.29, 0.717) is 23.4 Å². The van der Waals surface area contributed by atoms with Crippen LogP contribution in [0.4, 0.5) is 4.79 Å². The molecule has 2 aromatic carbocycles. The van der Waals surface area contributed by atoms with Crippen LogP contribution in [0.15, 0.2) is 47.5 Å². The monoisotopic (exact) mass is 446 g/mol. The van der Waals surface area contributed by atoms with Gasteiger partial charge >= 0.3 is 6.03 Å². The smallest absolute Gasteiger partial charge is 0.323 e. The van der Waals surface area contributed by atoms with Gasteiger partial charge < -0.3 is 19.7 Å². The van der Waals surface area contributed by atoms with E-state index >= 15 is 0 Å². The zero-order chi connectivity index (χ0) is 23.4. The number of carbonyl (C=O) groups is 3. The summed E-state index contributed by atoms with van der Waals surface area (Å²) in [5, 5.41) is 4.83. The second kappa shape index (κ2) is 9.14. The maximum atomic E-state index is 13.0. The molecule has 33 heavy (non-hydrogen) atoms. The Labute approximate surface area is 190 Å². The van der Waals surface area contributed by atoms with E-state index in [-0.39, 0.29) is 19.2 Å². The number of amides is 4. The zero-order valence-electron chi connectivity index (χ0n) is 18.2. The topological polar surface area (TPSA) is 109 Å². The molecule has 0 aliphatic carbocycles. The van der Waals surface area contributed by atoms with E-state index in [9.17, 15) is 14.4 Å². The van der Waals surface area contributed by atoms with Crippen LogP contribution in [0.25, 0.3) is 0 Å². The molecule has 168 valence electrons. The number of urea groups is 1. The highest BCUT2D eigenvalue weighted by Crippen LogP contribution is 2.28. The van der Waals surface area contributed by atoms with Gasteiger partial charge in [-0.15, -0.1) is 0 Å². The largest absolute Gasteiger partial charge is 0.497 e. The van der Waals surface area contributed by atoms with Gasteiger partial charge in [0.15, 0.2) is 0 Å². The normalized spacial score (nSPS) is 19.2. The molecule has 0 radical (unpaired) electrons. The molecule has 4 rings (SSSR count). The quantitative estimate of drug-likeness (QED) is 0.395. The lowest BCUT2D eigenvalue weighted by atomic mass is 9.99. The summed E-state index contributed by atoms with van der Waals surface area (Å²) in [4.78, 5) is 43.2. The standard InChI is InChI=1S/C24H22N4O5/c1-32-15-25-12-17-5-3-16(4-6-17)9-10-24(22(30)26-23(31)27-24)14-28-13-18-7-8-19(33-2)11-20(18)21(28)29/h3-8,11-12H,13-15H2,1-2H3,(H2,26,27,30,31)/t24-/m1/s1. The number of methoxy groups -OCH3 is 2. The van der Waals surface area contributed by atoms with Crippen LogP contribution in [-0.4, -0.2) is 62.0 Å². The lowest BCUT2D eigenvalue weighted by Gasteiger charge is -2.26. The lowest BCUT2D eigenvalue weighted by Crippen LogP contribution is -2.54. The van der Waals surface area contributed by atoms with Gasteiger partial charge in [-0.25, -0.2) is 4.79 Å². The highest BCUT2D eigenvalue weighted by molar-refractivity contribution is 6.10. The summed E-state index contributed by atoms with van der Waals surface area (Å²) in [5.41, 5.74) is 1.28. The van der Waals surface area contributed by atoms with E-state index in [0.717, 1.165) is 11.1 Å². The fourth-order valence-electron chi connectivity index (χ4n) is 3.66. The minimum absolute atomic E-state index is 0.0881. The Morgan fingerprint density at radius 2 is 1.94 bits per heavy atom. The molecule has 0 spiro atoms. The molecule has 0 bridgehead atoms. The zero-order valence-corrected chi connectivity index (χ0v) is 18.2. The molecular weight excluding hydrogens is 424 g/mol. The molecule has 1 fully saturated rings. The van der Waals surface area contributed by atoms with Crippen molar-refractivity contribution >= 4 is 24.1 Å². The number of imide groups is 1. The third kappa shape index (κ3) is 4.56. The van der Waals surface area contributed by atoms with E-state index in [1.807, 2.05) is 18.2 Å². The van der Waals surface area contributed by atoms with Gasteiger partial charge in [0, 0.05) is 31.0 Å². The van der Waals surface area contributed by atoms with Gasteiger partial charge in [0.2, 0.25) is 5.54 Å². The molecule has 9 nitrogen and oxygen atoms in total. The van der Waals surface area contributed by atoms with Crippen LogP contribution in [0, 0.1) is 11.8 Å². The van der Waals surface area contributed by atoms with Crippen LogP contribution in [-0.2, 0) is 16.1 Å². The number of aliphatic imine (C=N–C) groups is 1. The number of hydrogen-bond acceptors (Lipinski definition) is 6. The van der Waals surface area contributed by atoms with Crippen LogP contribution in [0.3, 0.4) is 0 Å². The first-order valence-electron chi connectivity index (χ1n) is 10.2. The molecule has 2 aliphatic rings. The molecule has 0 saturated carbocycles. The Balaban J connectivity index is 1.57. The first-order valence-corrected chi connectivity index (χ1v) is 10.2. The molecule has 0 aromatic heterocycles. The second-order valence-corrected chi connectivity index (χ2v) is 7.60. The summed E-state index contributed by atoms with van der Waals surface area (Å²) >= 11 is 0. The van der Waals surface area contributed by atoms with Gasteiger partial charge in [-0.05, 0) is 35.4 Å². The molecule has 4 amide bonds. The minimum atomic E-state index is -1.56. The SMILES string of the molecule is COCN=Cc1ccc(C#C[C@]2(CN3Cc4ccc(OC)cc4C3=O)NC(=O)NC2=O)cc1.